The van der Waals surface area contributed by atoms with Gasteiger partial charge >= 0.3 is 0 Å². The van der Waals surface area contributed by atoms with E-state index >= 15 is 0 Å². The summed E-state index contributed by atoms with van der Waals surface area (Å²) in [5.74, 6) is 0. The third-order valence-electron chi connectivity index (χ3n) is 2.64. The fourth-order valence-electron chi connectivity index (χ4n) is 1.93. The summed E-state index contributed by atoms with van der Waals surface area (Å²) < 4.78 is 2.10. The lowest BCUT2D eigenvalue weighted by Gasteiger charge is -2.00. The number of aromatic nitrogens is 2. The minimum absolute atomic E-state index is 0.955. The van der Waals surface area contributed by atoms with Crippen molar-refractivity contribution in [2.24, 2.45) is 0 Å². The van der Waals surface area contributed by atoms with Crippen LogP contribution in [0, 0.1) is 6.92 Å². The van der Waals surface area contributed by atoms with Crippen LogP contribution in [0.1, 0.15) is 25.1 Å². The molecule has 2 nitrogen and oxygen atoms in total. The molecule has 74 valence electrons. The Morgan fingerprint density at radius 1 is 1.29 bits per heavy atom. The maximum atomic E-state index is 4.56. The Bertz CT molecular complexity index is 455. The number of fused-ring (bicyclic) bond motifs is 1. The summed E-state index contributed by atoms with van der Waals surface area (Å²) in [5.41, 5.74) is 3.78. The van der Waals surface area contributed by atoms with Crippen LogP contribution in [0.5, 0.6) is 0 Å². The van der Waals surface area contributed by atoms with E-state index in [0.717, 1.165) is 18.5 Å². The first kappa shape index (κ1) is 9.25. The third kappa shape index (κ3) is 1.31. The van der Waals surface area contributed by atoms with E-state index in [1.165, 1.54) is 16.6 Å². The quantitative estimate of drug-likeness (QED) is 0.708. The van der Waals surface area contributed by atoms with E-state index in [9.17, 15) is 0 Å². The van der Waals surface area contributed by atoms with E-state index in [4.69, 9.17) is 0 Å². The summed E-state index contributed by atoms with van der Waals surface area (Å²) >= 11 is 0. The molecule has 1 aromatic carbocycles. The highest BCUT2D eigenvalue weighted by molar-refractivity contribution is 5.82. The van der Waals surface area contributed by atoms with Crippen molar-refractivity contribution in [2.75, 3.05) is 0 Å². The van der Waals surface area contributed by atoms with Crippen LogP contribution >= 0.6 is 0 Å². The molecule has 0 unspecified atom stereocenters. The Labute approximate surface area is 84.5 Å². The van der Waals surface area contributed by atoms with Crippen LogP contribution in [0.3, 0.4) is 0 Å². The second-order valence-electron chi connectivity index (χ2n) is 3.64. The topological polar surface area (TPSA) is 17.8 Å². The van der Waals surface area contributed by atoms with Gasteiger partial charge in [-0.25, -0.2) is 0 Å². The van der Waals surface area contributed by atoms with Crippen molar-refractivity contribution in [3.63, 3.8) is 0 Å². The normalized spacial score (nSPS) is 11.1. The second kappa shape index (κ2) is 3.45. The van der Waals surface area contributed by atoms with Gasteiger partial charge in [0.1, 0.15) is 0 Å². The fourth-order valence-corrected chi connectivity index (χ4v) is 1.93. The monoisotopic (exact) mass is 188 g/mol. The zero-order valence-electron chi connectivity index (χ0n) is 9.04. The minimum atomic E-state index is 0.955. The van der Waals surface area contributed by atoms with Crippen LogP contribution in [0.25, 0.3) is 10.9 Å². The molecule has 2 rings (SSSR count). The van der Waals surface area contributed by atoms with E-state index in [-0.39, 0.29) is 0 Å². The van der Waals surface area contributed by atoms with E-state index in [2.05, 4.69) is 48.8 Å². The van der Waals surface area contributed by atoms with Crippen molar-refractivity contribution in [3.05, 3.63) is 29.5 Å². The molecule has 2 aromatic rings. The maximum Gasteiger partial charge on any atom is 0.0926 e. The Morgan fingerprint density at radius 2 is 2.07 bits per heavy atom. The predicted molar refractivity (Wildman–Crippen MR) is 59.5 cm³/mol. The van der Waals surface area contributed by atoms with E-state index < -0.39 is 0 Å². The molecule has 0 bridgehead atoms. The van der Waals surface area contributed by atoms with Crippen LogP contribution in [0.4, 0.5) is 0 Å². The molecule has 0 amide bonds. The second-order valence-corrected chi connectivity index (χ2v) is 3.64. The van der Waals surface area contributed by atoms with Gasteiger partial charge in [-0.2, -0.15) is 5.10 Å². The summed E-state index contributed by atoms with van der Waals surface area (Å²) in [4.78, 5) is 0. The molecule has 0 saturated carbocycles. The minimum Gasteiger partial charge on any atom is -0.269 e. The average molecular weight is 188 g/mol. The lowest BCUT2D eigenvalue weighted by Crippen LogP contribution is -2.00. The van der Waals surface area contributed by atoms with Gasteiger partial charge in [0.05, 0.1) is 5.52 Å². The largest absolute Gasteiger partial charge is 0.269 e. The molecule has 1 aromatic heterocycles. The SMILES string of the molecule is CCc1c2cc(C)ccc2nn1CC. The van der Waals surface area contributed by atoms with Crippen molar-refractivity contribution < 1.29 is 0 Å². The molecular formula is C12H16N2. The molecule has 0 aliphatic carbocycles. The zero-order chi connectivity index (χ0) is 10.1. The smallest absolute Gasteiger partial charge is 0.0926 e. The first-order chi connectivity index (χ1) is 6.76. The molecule has 0 saturated heterocycles. The molecule has 2 heteroatoms. The van der Waals surface area contributed by atoms with Gasteiger partial charge in [0.2, 0.25) is 0 Å². The van der Waals surface area contributed by atoms with E-state index in [1.807, 2.05) is 0 Å². The Kier molecular flexibility index (Phi) is 2.28. The van der Waals surface area contributed by atoms with Crippen LogP contribution in [0.15, 0.2) is 18.2 Å². The fraction of sp³-hybridized carbons (Fsp3) is 0.417. The summed E-state index contributed by atoms with van der Waals surface area (Å²) in [5, 5.41) is 5.87. The average Bonchev–Trinajstić information content (AvgIpc) is 2.54. The van der Waals surface area contributed by atoms with Gasteiger partial charge in [-0.15, -0.1) is 0 Å². The number of nitrogens with zero attached hydrogens (tertiary/aromatic N) is 2. The number of hydrogen-bond donors (Lipinski definition) is 0. The van der Waals surface area contributed by atoms with Gasteiger partial charge in [0.25, 0.3) is 0 Å². The summed E-state index contributed by atoms with van der Waals surface area (Å²) in [7, 11) is 0. The predicted octanol–water partition coefficient (Wildman–Crippen LogP) is 2.93. The van der Waals surface area contributed by atoms with E-state index in [0.29, 0.717) is 0 Å². The van der Waals surface area contributed by atoms with Crippen molar-refractivity contribution in [2.45, 2.75) is 33.7 Å². The van der Waals surface area contributed by atoms with Crippen molar-refractivity contribution in [1.29, 1.82) is 0 Å². The maximum absolute atomic E-state index is 4.56. The molecule has 1 heterocycles. The first-order valence-corrected chi connectivity index (χ1v) is 5.22. The van der Waals surface area contributed by atoms with Crippen molar-refractivity contribution in [1.82, 2.24) is 9.78 Å². The van der Waals surface area contributed by atoms with Gasteiger partial charge in [-0.05, 0) is 32.4 Å². The standard InChI is InChI=1S/C12H16N2/c1-4-12-10-8-9(3)6-7-11(10)13-14(12)5-2/h6-8H,4-5H2,1-3H3. The number of hydrogen-bond acceptors (Lipinski definition) is 1. The lowest BCUT2D eigenvalue weighted by atomic mass is 10.1. The summed E-state index contributed by atoms with van der Waals surface area (Å²) in [6.45, 7) is 7.40. The number of aryl methyl sites for hydroxylation is 3. The zero-order valence-corrected chi connectivity index (χ0v) is 9.04. The number of benzene rings is 1. The van der Waals surface area contributed by atoms with Crippen LogP contribution < -0.4 is 0 Å². The third-order valence-corrected chi connectivity index (χ3v) is 2.64. The number of rotatable bonds is 2. The summed E-state index contributed by atoms with van der Waals surface area (Å²) in [6, 6.07) is 6.46. The van der Waals surface area contributed by atoms with Gasteiger partial charge < -0.3 is 0 Å². The highest BCUT2D eigenvalue weighted by Crippen LogP contribution is 2.20. The van der Waals surface area contributed by atoms with Crippen LogP contribution in [0.2, 0.25) is 0 Å². The molecule has 14 heavy (non-hydrogen) atoms. The molecule has 0 spiro atoms. The highest BCUT2D eigenvalue weighted by atomic mass is 15.3. The van der Waals surface area contributed by atoms with Crippen molar-refractivity contribution >= 4 is 10.9 Å². The van der Waals surface area contributed by atoms with Gasteiger partial charge in [-0.3, -0.25) is 4.68 Å². The molecule has 0 aliphatic rings. The lowest BCUT2D eigenvalue weighted by molar-refractivity contribution is 0.633. The Morgan fingerprint density at radius 3 is 2.71 bits per heavy atom. The van der Waals surface area contributed by atoms with Gasteiger partial charge in [0, 0.05) is 17.6 Å². The Hall–Kier alpha value is -1.31. The van der Waals surface area contributed by atoms with Gasteiger partial charge in [-0.1, -0.05) is 18.6 Å². The molecule has 0 atom stereocenters. The van der Waals surface area contributed by atoms with Crippen LogP contribution in [-0.2, 0) is 13.0 Å². The molecule has 0 radical (unpaired) electrons. The first-order valence-electron chi connectivity index (χ1n) is 5.22. The summed E-state index contributed by atoms with van der Waals surface area (Å²) in [6.07, 6.45) is 1.05. The van der Waals surface area contributed by atoms with Crippen molar-refractivity contribution in [3.8, 4) is 0 Å². The highest BCUT2D eigenvalue weighted by Gasteiger charge is 2.07. The molecule has 0 fully saturated rings. The molecule has 0 aliphatic heterocycles. The van der Waals surface area contributed by atoms with Gasteiger partial charge in [0.15, 0.2) is 0 Å². The van der Waals surface area contributed by atoms with Crippen LogP contribution in [-0.4, -0.2) is 9.78 Å². The Balaban J connectivity index is 2.74. The molecular weight excluding hydrogens is 172 g/mol. The van der Waals surface area contributed by atoms with E-state index in [1.54, 1.807) is 0 Å². The molecule has 0 N–H and O–H groups in total.